The van der Waals surface area contributed by atoms with Crippen LogP contribution in [0.15, 0.2) is 0 Å². The van der Waals surface area contributed by atoms with E-state index in [2.05, 4.69) is 5.32 Å². The molecule has 0 aromatic heterocycles. The second kappa shape index (κ2) is 4.72. The van der Waals surface area contributed by atoms with Crippen LogP contribution in [0.2, 0.25) is 0 Å². The van der Waals surface area contributed by atoms with Crippen LogP contribution in [0, 0.1) is 0 Å². The largest absolute Gasteiger partial charge is 0.389 e. The number of hydrogen-bond acceptors (Lipinski definition) is 3. The van der Waals surface area contributed by atoms with Gasteiger partial charge in [0.2, 0.25) is 0 Å². The van der Waals surface area contributed by atoms with E-state index in [4.69, 9.17) is 0 Å². The van der Waals surface area contributed by atoms with Crippen LogP contribution >= 0.6 is 0 Å². The van der Waals surface area contributed by atoms with E-state index in [1.54, 1.807) is 6.92 Å². The van der Waals surface area contributed by atoms with Gasteiger partial charge in [-0.15, -0.1) is 0 Å². The Kier molecular flexibility index (Phi) is 3.88. The fourth-order valence-electron chi connectivity index (χ4n) is 1.86. The number of nitrogens with one attached hydrogen (secondary N) is 1. The molecule has 0 heterocycles. The molecule has 1 aliphatic carbocycles. The van der Waals surface area contributed by atoms with Gasteiger partial charge in [-0.2, -0.15) is 0 Å². The van der Waals surface area contributed by atoms with E-state index < -0.39 is 5.60 Å². The van der Waals surface area contributed by atoms with Gasteiger partial charge in [0.1, 0.15) is 5.78 Å². The summed E-state index contributed by atoms with van der Waals surface area (Å²) in [6, 6.07) is 0. The third-order valence-corrected chi connectivity index (χ3v) is 2.61. The number of carbonyl (C=O) groups excluding carboxylic acids is 1. The number of hydrogen-bond donors (Lipinski definition) is 2. The van der Waals surface area contributed by atoms with Gasteiger partial charge in [0.25, 0.3) is 0 Å². The summed E-state index contributed by atoms with van der Waals surface area (Å²) in [7, 11) is 0. The van der Waals surface area contributed by atoms with Crippen molar-refractivity contribution in [3.8, 4) is 0 Å². The fraction of sp³-hybridized carbons (Fsp3) is 0.900. The van der Waals surface area contributed by atoms with Crippen LogP contribution in [0.5, 0.6) is 0 Å². The Bertz CT molecular complexity index is 174. The zero-order valence-electron chi connectivity index (χ0n) is 8.31. The number of ketones is 1. The molecule has 1 fully saturated rings. The molecule has 3 nitrogen and oxygen atoms in total. The summed E-state index contributed by atoms with van der Waals surface area (Å²) < 4.78 is 0. The first-order chi connectivity index (χ1) is 6.12. The second-order valence-corrected chi connectivity index (χ2v) is 4.09. The Labute approximate surface area is 79.5 Å². The zero-order chi connectivity index (χ0) is 9.73. The predicted molar refractivity (Wildman–Crippen MR) is 51.6 cm³/mol. The molecule has 0 aliphatic heterocycles. The van der Waals surface area contributed by atoms with Crippen molar-refractivity contribution >= 4 is 5.78 Å². The van der Waals surface area contributed by atoms with Gasteiger partial charge < -0.3 is 10.4 Å². The molecule has 1 rings (SSSR count). The van der Waals surface area contributed by atoms with Crippen molar-refractivity contribution in [3.63, 3.8) is 0 Å². The van der Waals surface area contributed by atoms with Crippen molar-refractivity contribution in [3.05, 3.63) is 0 Å². The molecule has 0 aromatic rings. The number of carbonyl (C=O) groups is 1. The molecule has 0 atom stereocenters. The van der Waals surface area contributed by atoms with Crippen LogP contribution in [-0.4, -0.2) is 29.6 Å². The highest BCUT2D eigenvalue weighted by Gasteiger charge is 2.28. The third-order valence-electron chi connectivity index (χ3n) is 2.61. The maximum atomic E-state index is 10.6. The van der Waals surface area contributed by atoms with Crippen molar-refractivity contribution in [2.75, 3.05) is 13.1 Å². The molecule has 0 unspecified atom stereocenters. The molecule has 0 spiro atoms. The topological polar surface area (TPSA) is 49.3 Å². The Balaban J connectivity index is 2.21. The maximum Gasteiger partial charge on any atom is 0.143 e. The lowest BCUT2D eigenvalue weighted by Gasteiger charge is -2.32. The minimum Gasteiger partial charge on any atom is -0.389 e. The van der Waals surface area contributed by atoms with Crippen LogP contribution in [-0.2, 0) is 4.79 Å². The molecule has 2 N–H and O–H groups in total. The van der Waals surface area contributed by atoms with Gasteiger partial charge in [0.05, 0.1) is 12.1 Å². The quantitative estimate of drug-likeness (QED) is 0.683. The Morgan fingerprint density at radius 2 is 2.00 bits per heavy atom. The first-order valence-electron chi connectivity index (χ1n) is 5.05. The van der Waals surface area contributed by atoms with E-state index in [9.17, 15) is 9.90 Å². The van der Waals surface area contributed by atoms with E-state index >= 15 is 0 Å². The predicted octanol–water partition coefficient (Wildman–Crippen LogP) is 0.860. The van der Waals surface area contributed by atoms with Crippen LogP contribution < -0.4 is 5.32 Å². The summed E-state index contributed by atoms with van der Waals surface area (Å²) >= 11 is 0. The van der Waals surface area contributed by atoms with Gasteiger partial charge in [-0.05, 0) is 19.8 Å². The minimum absolute atomic E-state index is 0.124. The molecule has 1 aliphatic rings. The van der Waals surface area contributed by atoms with E-state index in [0.717, 1.165) is 25.7 Å². The maximum absolute atomic E-state index is 10.6. The zero-order valence-corrected chi connectivity index (χ0v) is 8.31. The number of aliphatic hydroxyl groups is 1. The van der Waals surface area contributed by atoms with Crippen molar-refractivity contribution < 1.29 is 9.90 Å². The standard InChI is InChI=1S/C10H19NO2/c1-9(12)7-11-8-10(13)5-3-2-4-6-10/h11,13H,2-8H2,1H3. The summed E-state index contributed by atoms with van der Waals surface area (Å²) in [6.45, 7) is 2.49. The monoisotopic (exact) mass is 185 g/mol. The average molecular weight is 185 g/mol. The summed E-state index contributed by atoms with van der Waals surface area (Å²) in [4.78, 5) is 10.6. The van der Waals surface area contributed by atoms with Gasteiger partial charge >= 0.3 is 0 Å². The summed E-state index contributed by atoms with van der Waals surface area (Å²) in [5, 5.41) is 13.0. The van der Waals surface area contributed by atoms with Gasteiger partial charge in [-0.3, -0.25) is 4.79 Å². The molecule has 0 radical (unpaired) electrons. The molecule has 1 saturated carbocycles. The van der Waals surface area contributed by atoms with Crippen molar-refractivity contribution in [2.45, 2.75) is 44.6 Å². The van der Waals surface area contributed by atoms with Gasteiger partial charge in [-0.1, -0.05) is 19.3 Å². The SMILES string of the molecule is CC(=O)CNCC1(O)CCCCC1. The second-order valence-electron chi connectivity index (χ2n) is 4.09. The van der Waals surface area contributed by atoms with Crippen LogP contribution in [0.4, 0.5) is 0 Å². The lowest BCUT2D eigenvalue weighted by Crippen LogP contribution is -2.43. The Hall–Kier alpha value is -0.410. The molecular formula is C10H19NO2. The Morgan fingerprint density at radius 1 is 1.38 bits per heavy atom. The van der Waals surface area contributed by atoms with E-state index in [0.29, 0.717) is 13.1 Å². The number of rotatable bonds is 4. The van der Waals surface area contributed by atoms with Crippen LogP contribution in [0.1, 0.15) is 39.0 Å². The van der Waals surface area contributed by atoms with Crippen molar-refractivity contribution in [2.24, 2.45) is 0 Å². The highest BCUT2D eigenvalue weighted by molar-refractivity contribution is 5.77. The van der Waals surface area contributed by atoms with Gasteiger partial charge in [0.15, 0.2) is 0 Å². The molecular weight excluding hydrogens is 166 g/mol. The molecule has 0 amide bonds. The lowest BCUT2D eigenvalue weighted by atomic mass is 9.85. The molecule has 3 heteroatoms. The molecule has 76 valence electrons. The van der Waals surface area contributed by atoms with Crippen LogP contribution in [0.3, 0.4) is 0 Å². The first-order valence-corrected chi connectivity index (χ1v) is 5.05. The first kappa shape index (κ1) is 10.7. The summed E-state index contributed by atoms with van der Waals surface area (Å²) in [5.74, 6) is 0.124. The average Bonchev–Trinajstić information content (AvgIpc) is 2.04. The summed E-state index contributed by atoms with van der Waals surface area (Å²) in [5.41, 5.74) is -0.548. The third kappa shape index (κ3) is 3.87. The normalized spacial score (nSPS) is 21.4. The van der Waals surface area contributed by atoms with E-state index in [1.165, 1.54) is 6.42 Å². The molecule has 0 saturated heterocycles. The fourth-order valence-corrected chi connectivity index (χ4v) is 1.86. The minimum atomic E-state index is -0.548. The molecule has 0 bridgehead atoms. The van der Waals surface area contributed by atoms with Crippen LogP contribution in [0.25, 0.3) is 0 Å². The molecule has 13 heavy (non-hydrogen) atoms. The highest BCUT2D eigenvalue weighted by Crippen LogP contribution is 2.27. The van der Waals surface area contributed by atoms with Crippen molar-refractivity contribution in [1.29, 1.82) is 0 Å². The molecule has 0 aromatic carbocycles. The highest BCUT2D eigenvalue weighted by atomic mass is 16.3. The van der Waals surface area contributed by atoms with Crippen molar-refractivity contribution in [1.82, 2.24) is 5.32 Å². The summed E-state index contributed by atoms with van der Waals surface area (Å²) in [6.07, 6.45) is 5.20. The van der Waals surface area contributed by atoms with Gasteiger partial charge in [0, 0.05) is 6.54 Å². The van der Waals surface area contributed by atoms with Gasteiger partial charge in [-0.25, -0.2) is 0 Å². The smallest absolute Gasteiger partial charge is 0.143 e. The number of Topliss-reactive ketones (excluding diaryl/α,β-unsaturated/α-hetero) is 1. The van der Waals surface area contributed by atoms with E-state index in [1.807, 2.05) is 0 Å². The lowest BCUT2D eigenvalue weighted by molar-refractivity contribution is -0.116. The Morgan fingerprint density at radius 3 is 2.54 bits per heavy atom. The van der Waals surface area contributed by atoms with E-state index in [-0.39, 0.29) is 5.78 Å².